The van der Waals surface area contributed by atoms with Crippen molar-refractivity contribution in [3.8, 4) is 11.5 Å². The summed E-state index contributed by atoms with van der Waals surface area (Å²) in [6, 6.07) is 5.78. The van der Waals surface area contributed by atoms with E-state index in [9.17, 15) is 0 Å². The van der Waals surface area contributed by atoms with Crippen LogP contribution in [-0.4, -0.2) is 10.2 Å². The number of aromatic nitrogens is 2. The smallest absolute Gasteiger partial charge is 0.248 e. The van der Waals surface area contributed by atoms with Crippen LogP contribution < -0.4 is 5.73 Å². The Balaban J connectivity index is 1.90. The van der Waals surface area contributed by atoms with Gasteiger partial charge in [-0.3, -0.25) is 0 Å². The molecule has 1 aliphatic carbocycles. The highest BCUT2D eigenvalue weighted by Gasteiger charge is 2.22. The zero-order valence-electron chi connectivity index (χ0n) is 11.2. The Labute approximate surface area is 113 Å². The van der Waals surface area contributed by atoms with E-state index >= 15 is 0 Å². The van der Waals surface area contributed by atoms with Crippen LogP contribution >= 0.6 is 0 Å². The van der Waals surface area contributed by atoms with Gasteiger partial charge in [-0.2, -0.15) is 0 Å². The van der Waals surface area contributed by atoms with E-state index in [1.54, 1.807) is 0 Å². The van der Waals surface area contributed by atoms with Gasteiger partial charge in [0.05, 0.1) is 0 Å². The highest BCUT2D eigenvalue weighted by atomic mass is 16.4. The summed E-state index contributed by atoms with van der Waals surface area (Å²) in [6.07, 6.45) is 6.18. The van der Waals surface area contributed by atoms with Gasteiger partial charge in [0.25, 0.3) is 0 Å². The lowest BCUT2D eigenvalue weighted by atomic mass is 9.89. The molecule has 0 amide bonds. The van der Waals surface area contributed by atoms with E-state index in [0.717, 1.165) is 35.5 Å². The van der Waals surface area contributed by atoms with Crippen LogP contribution in [0.5, 0.6) is 0 Å². The number of nitrogen functional groups attached to an aromatic ring is 1. The van der Waals surface area contributed by atoms with Gasteiger partial charge in [-0.05, 0) is 37.5 Å². The van der Waals surface area contributed by atoms with Crippen molar-refractivity contribution in [3.05, 3.63) is 29.7 Å². The van der Waals surface area contributed by atoms with Crippen LogP contribution in [-0.2, 0) is 0 Å². The van der Waals surface area contributed by atoms with Gasteiger partial charge in [0.15, 0.2) is 0 Å². The number of hydrogen-bond donors (Lipinski definition) is 1. The van der Waals surface area contributed by atoms with Crippen molar-refractivity contribution in [2.75, 3.05) is 5.73 Å². The van der Waals surface area contributed by atoms with Gasteiger partial charge in [0, 0.05) is 17.2 Å². The van der Waals surface area contributed by atoms with Gasteiger partial charge in [-0.25, -0.2) is 0 Å². The fourth-order valence-electron chi connectivity index (χ4n) is 2.74. The van der Waals surface area contributed by atoms with Crippen molar-refractivity contribution >= 4 is 5.69 Å². The maximum absolute atomic E-state index is 5.92. The van der Waals surface area contributed by atoms with E-state index in [1.807, 2.05) is 25.1 Å². The maximum atomic E-state index is 5.92. The fourth-order valence-corrected chi connectivity index (χ4v) is 2.74. The molecule has 0 saturated heterocycles. The predicted molar refractivity (Wildman–Crippen MR) is 74.7 cm³/mol. The summed E-state index contributed by atoms with van der Waals surface area (Å²) in [5.41, 5.74) is 8.62. The molecule has 0 unspecified atom stereocenters. The molecule has 1 aliphatic rings. The number of rotatable bonds is 2. The molecule has 0 spiro atoms. The number of anilines is 1. The topological polar surface area (TPSA) is 64.9 Å². The SMILES string of the molecule is Cc1c(N)cccc1-c1nnc(C2CCCCC2)o1. The molecule has 1 heterocycles. The van der Waals surface area contributed by atoms with Crippen molar-refractivity contribution in [1.82, 2.24) is 10.2 Å². The predicted octanol–water partition coefficient (Wildman–Crippen LogP) is 3.67. The van der Waals surface area contributed by atoms with Crippen LogP contribution in [0.3, 0.4) is 0 Å². The largest absolute Gasteiger partial charge is 0.420 e. The van der Waals surface area contributed by atoms with E-state index < -0.39 is 0 Å². The Bertz CT molecular complexity index is 571. The first-order valence-electron chi connectivity index (χ1n) is 6.94. The fraction of sp³-hybridized carbons (Fsp3) is 0.467. The molecule has 0 bridgehead atoms. The molecule has 0 atom stereocenters. The number of benzene rings is 1. The molecular weight excluding hydrogens is 238 g/mol. The van der Waals surface area contributed by atoms with Crippen LogP contribution in [0, 0.1) is 6.92 Å². The maximum Gasteiger partial charge on any atom is 0.248 e. The van der Waals surface area contributed by atoms with Gasteiger partial charge >= 0.3 is 0 Å². The van der Waals surface area contributed by atoms with E-state index in [1.165, 1.54) is 19.3 Å². The summed E-state index contributed by atoms with van der Waals surface area (Å²) < 4.78 is 5.87. The highest BCUT2D eigenvalue weighted by Crippen LogP contribution is 2.34. The minimum absolute atomic E-state index is 0.441. The monoisotopic (exact) mass is 257 g/mol. The van der Waals surface area contributed by atoms with E-state index in [2.05, 4.69) is 10.2 Å². The van der Waals surface area contributed by atoms with Crippen LogP contribution in [0.2, 0.25) is 0 Å². The summed E-state index contributed by atoms with van der Waals surface area (Å²) >= 11 is 0. The third kappa shape index (κ3) is 2.35. The minimum Gasteiger partial charge on any atom is -0.420 e. The summed E-state index contributed by atoms with van der Waals surface area (Å²) in [6.45, 7) is 1.98. The van der Waals surface area contributed by atoms with Crippen LogP contribution in [0.1, 0.15) is 49.5 Å². The van der Waals surface area contributed by atoms with Crippen molar-refractivity contribution in [1.29, 1.82) is 0 Å². The Kier molecular flexibility index (Phi) is 3.23. The van der Waals surface area contributed by atoms with Crippen LogP contribution in [0.25, 0.3) is 11.5 Å². The van der Waals surface area contributed by atoms with Gasteiger partial charge < -0.3 is 10.2 Å². The zero-order chi connectivity index (χ0) is 13.2. The molecule has 0 radical (unpaired) electrons. The highest BCUT2D eigenvalue weighted by molar-refractivity contribution is 5.66. The molecule has 0 aliphatic heterocycles. The Morgan fingerprint density at radius 1 is 1.16 bits per heavy atom. The van der Waals surface area contributed by atoms with Crippen molar-refractivity contribution in [2.24, 2.45) is 0 Å². The zero-order valence-corrected chi connectivity index (χ0v) is 11.2. The van der Waals surface area contributed by atoms with E-state index in [4.69, 9.17) is 10.2 Å². The lowest BCUT2D eigenvalue weighted by Gasteiger charge is -2.17. The second-order valence-electron chi connectivity index (χ2n) is 5.30. The first-order valence-corrected chi connectivity index (χ1v) is 6.94. The van der Waals surface area contributed by atoms with Gasteiger partial charge in [-0.1, -0.05) is 25.3 Å². The lowest BCUT2D eigenvalue weighted by molar-refractivity contribution is 0.367. The van der Waals surface area contributed by atoms with Gasteiger partial charge in [-0.15, -0.1) is 10.2 Å². The molecule has 1 aromatic carbocycles. The average Bonchev–Trinajstić information content (AvgIpc) is 2.92. The Morgan fingerprint density at radius 2 is 1.95 bits per heavy atom. The first kappa shape index (κ1) is 12.2. The normalized spacial score (nSPS) is 16.7. The molecule has 1 aromatic heterocycles. The van der Waals surface area contributed by atoms with Crippen LogP contribution in [0.4, 0.5) is 5.69 Å². The molecule has 100 valence electrons. The molecule has 1 saturated carbocycles. The van der Waals surface area contributed by atoms with Crippen LogP contribution in [0.15, 0.2) is 22.6 Å². The summed E-state index contributed by atoms with van der Waals surface area (Å²) in [4.78, 5) is 0. The van der Waals surface area contributed by atoms with E-state index in [0.29, 0.717) is 11.8 Å². The van der Waals surface area contributed by atoms with Crippen molar-refractivity contribution in [3.63, 3.8) is 0 Å². The molecule has 2 aromatic rings. The molecule has 1 fully saturated rings. The standard InChI is InChI=1S/C15H19N3O/c1-10-12(8-5-9-13(10)16)15-18-17-14(19-15)11-6-3-2-4-7-11/h5,8-9,11H,2-4,6-7,16H2,1H3. The van der Waals surface area contributed by atoms with Crippen molar-refractivity contribution < 1.29 is 4.42 Å². The molecule has 4 nitrogen and oxygen atoms in total. The van der Waals surface area contributed by atoms with E-state index in [-0.39, 0.29) is 0 Å². The Hall–Kier alpha value is -1.84. The van der Waals surface area contributed by atoms with Gasteiger partial charge in [0.1, 0.15) is 0 Å². The molecule has 19 heavy (non-hydrogen) atoms. The molecule has 3 rings (SSSR count). The second kappa shape index (κ2) is 5.03. The second-order valence-corrected chi connectivity index (χ2v) is 5.30. The third-order valence-electron chi connectivity index (χ3n) is 4.00. The minimum atomic E-state index is 0.441. The third-order valence-corrected chi connectivity index (χ3v) is 4.00. The summed E-state index contributed by atoms with van der Waals surface area (Å²) in [7, 11) is 0. The number of nitrogens with two attached hydrogens (primary N) is 1. The lowest BCUT2D eigenvalue weighted by Crippen LogP contribution is -2.04. The van der Waals surface area contributed by atoms with Crippen molar-refractivity contribution in [2.45, 2.75) is 44.9 Å². The average molecular weight is 257 g/mol. The Morgan fingerprint density at radius 3 is 2.74 bits per heavy atom. The molecule has 2 N–H and O–H groups in total. The van der Waals surface area contributed by atoms with Gasteiger partial charge in [0.2, 0.25) is 11.8 Å². The quantitative estimate of drug-likeness (QED) is 0.833. The first-order chi connectivity index (χ1) is 9.25. The number of nitrogens with zero attached hydrogens (tertiary/aromatic N) is 2. The number of hydrogen-bond acceptors (Lipinski definition) is 4. The summed E-state index contributed by atoms with van der Waals surface area (Å²) in [5.74, 6) is 1.82. The molecule has 4 heteroatoms. The molecular formula is C15H19N3O. The summed E-state index contributed by atoms with van der Waals surface area (Å²) in [5, 5.41) is 8.42.